The van der Waals surface area contributed by atoms with Gasteiger partial charge in [-0.1, -0.05) is 12.1 Å². The van der Waals surface area contributed by atoms with Gasteiger partial charge >= 0.3 is 5.97 Å². The summed E-state index contributed by atoms with van der Waals surface area (Å²) in [6.45, 7) is 4.94. The molecule has 2 aromatic heterocycles. The van der Waals surface area contributed by atoms with E-state index in [4.69, 9.17) is 5.11 Å². The largest absolute Gasteiger partial charge is 0.478 e. The summed E-state index contributed by atoms with van der Waals surface area (Å²) < 4.78 is 1.81. The molecule has 6 nitrogen and oxygen atoms in total. The number of aryl methyl sites for hydroxylation is 1. The van der Waals surface area contributed by atoms with Gasteiger partial charge in [-0.25, -0.2) is 4.79 Å². The van der Waals surface area contributed by atoms with Crippen LogP contribution in [0.3, 0.4) is 0 Å². The van der Waals surface area contributed by atoms with Crippen molar-refractivity contribution in [3.05, 3.63) is 53.5 Å². The maximum atomic E-state index is 11.0. The maximum absolute atomic E-state index is 11.0. The highest BCUT2D eigenvalue weighted by molar-refractivity contribution is 5.86. The highest BCUT2D eigenvalue weighted by atomic mass is 16.4. The zero-order chi connectivity index (χ0) is 17.4. The van der Waals surface area contributed by atoms with Gasteiger partial charge in [0.2, 0.25) is 0 Å². The predicted octanol–water partition coefficient (Wildman–Crippen LogP) is 3.21. The topological polar surface area (TPSA) is 74.2 Å². The fourth-order valence-corrected chi connectivity index (χ4v) is 3.73. The van der Waals surface area contributed by atoms with E-state index in [9.17, 15) is 4.79 Å². The normalized spacial score (nSPS) is 18.7. The van der Waals surface area contributed by atoms with Gasteiger partial charge in [0.15, 0.2) is 0 Å². The van der Waals surface area contributed by atoms with Crippen molar-refractivity contribution in [2.24, 2.45) is 0 Å². The number of hydrogen-bond acceptors (Lipinski definition) is 3. The Morgan fingerprint density at radius 3 is 3.08 bits per heavy atom. The number of hydrogen-bond donors (Lipinski definition) is 2. The van der Waals surface area contributed by atoms with E-state index in [0.717, 1.165) is 32.5 Å². The third kappa shape index (κ3) is 3.17. The predicted molar refractivity (Wildman–Crippen MR) is 95.8 cm³/mol. The first-order chi connectivity index (χ1) is 12.1. The minimum Gasteiger partial charge on any atom is -0.478 e. The monoisotopic (exact) mass is 338 g/mol. The summed E-state index contributed by atoms with van der Waals surface area (Å²) in [7, 11) is 0. The highest BCUT2D eigenvalue weighted by Crippen LogP contribution is 2.24. The molecule has 1 unspecified atom stereocenters. The number of H-pyrrole nitrogens is 1. The molecular weight excluding hydrogens is 316 g/mol. The van der Waals surface area contributed by atoms with Crippen LogP contribution in [0, 0.1) is 6.92 Å². The summed E-state index contributed by atoms with van der Waals surface area (Å²) in [4.78, 5) is 17.0. The molecule has 1 aromatic carbocycles. The first-order valence-corrected chi connectivity index (χ1v) is 8.67. The van der Waals surface area contributed by atoms with Crippen LogP contribution >= 0.6 is 0 Å². The number of nitrogens with one attached hydrogen (secondary N) is 1. The SMILES string of the molecule is Cc1cccc2[nH]c(CN3CCCC(n4cc(C(=O)O)cn4)C3)cc12. The molecule has 0 bridgehead atoms. The zero-order valence-corrected chi connectivity index (χ0v) is 14.3. The van der Waals surface area contributed by atoms with Crippen molar-refractivity contribution in [1.82, 2.24) is 19.7 Å². The van der Waals surface area contributed by atoms with E-state index in [-0.39, 0.29) is 11.6 Å². The Morgan fingerprint density at radius 2 is 2.32 bits per heavy atom. The maximum Gasteiger partial charge on any atom is 0.338 e. The number of rotatable bonds is 4. The molecule has 2 N–H and O–H groups in total. The van der Waals surface area contributed by atoms with E-state index in [2.05, 4.69) is 46.2 Å². The number of nitrogens with zero attached hydrogens (tertiary/aromatic N) is 3. The van der Waals surface area contributed by atoms with E-state index < -0.39 is 5.97 Å². The number of aromatic carboxylic acids is 1. The van der Waals surface area contributed by atoms with E-state index in [1.54, 1.807) is 6.20 Å². The molecule has 1 aliphatic rings. The number of fused-ring (bicyclic) bond motifs is 1. The lowest BCUT2D eigenvalue weighted by atomic mass is 10.1. The van der Waals surface area contributed by atoms with Gasteiger partial charge in [0, 0.05) is 35.9 Å². The molecular formula is C19H22N4O2. The Labute approximate surface area is 146 Å². The molecule has 1 fully saturated rings. The van der Waals surface area contributed by atoms with Crippen LogP contribution in [0.1, 0.15) is 40.5 Å². The van der Waals surface area contributed by atoms with Crippen LogP contribution in [0.5, 0.6) is 0 Å². The third-order valence-corrected chi connectivity index (χ3v) is 5.04. The molecule has 0 aliphatic carbocycles. The van der Waals surface area contributed by atoms with Gasteiger partial charge in [0.05, 0.1) is 17.8 Å². The highest BCUT2D eigenvalue weighted by Gasteiger charge is 2.23. The Balaban J connectivity index is 1.48. The fraction of sp³-hybridized carbons (Fsp3) is 0.368. The standard InChI is InChI=1S/C19H22N4O2/c1-13-4-2-6-18-17(13)8-15(21-18)11-22-7-3-5-16(12-22)23-10-14(9-20-23)19(24)25/h2,4,6,8-10,16,21H,3,5,7,11-12H2,1H3,(H,24,25). The number of aromatic nitrogens is 3. The Kier molecular flexibility index (Phi) is 4.05. The Bertz CT molecular complexity index is 911. The van der Waals surface area contributed by atoms with Crippen molar-refractivity contribution in [3.8, 4) is 0 Å². The van der Waals surface area contributed by atoms with Crippen LogP contribution in [0.4, 0.5) is 0 Å². The Morgan fingerprint density at radius 1 is 1.44 bits per heavy atom. The number of piperidine rings is 1. The molecule has 0 saturated carbocycles. The number of carboxylic acid groups (broad SMARTS) is 1. The second-order valence-electron chi connectivity index (χ2n) is 6.88. The summed E-state index contributed by atoms with van der Waals surface area (Å²) in [6.07, 6.45) is 5.19. The average molecular weight is 338 g/mol. The lowest BCUT2D eigenvalue weighted by Crippen LogP contribution is -2.36. The van der Waals surface area contributed by atoms with Crippen molar-refractivity contribution in [3.63, 3.8) is 0 Å². The molecule has 1 saturated heterocycles. The molecule has 1 atom stereocenters. The minimum atomic E-state index is -0.924. The van der Waals surface area contributed by atoms with Crippen molar-refractivity contribution in [2.45, 2.75) is 32.4 Å². The molecule has 6 heteroatoms. The number of aromatic amines is 1. The van der Waals surface area contributed by atoms with Crippen molar-refractivity contribution in [2.75, 3.05) is 13.1 Å². The van der Waals surface area contributed by atoms with Crippen LogP contribution in [-0.2, 0) is 6.54 Å². The molecule has 3 heterocycles. The number of benzene rings is 1. The number of carbonyl (C=O) groups is 1. The lowest BCUT2D eigenvalue weighted by molar-refractivity contribution is 0.0696. The summed E-state index contributed by atoms with van der Waals surface area (Å²) in [6, 6.07) is 8.79. The van der Waals surface area contributed by atoms with Gasteiger partial charge in [-0.15, -0.1) is 0 Å². The molecule has 0 spiro atoms. The van der Waals surface area contributed by atoms with Crippen LogP contribution in [-0.4, -0.2) is 43.8 Å². The summed E-state index contributed by atoms with van der Waals surface area (Å²) in [5, 5.41) is 14.6. The molecule has 1 aliphatic heterocycles. The molecule has 3 aromatic rings. The van der Waals surface area contributed by atoms with Gasteiger partial charge in [0.25, 0.3) is 0 Å². The van der Waals surface area contributed by atoms with Crippen molar-refractivity contribution >= 4 is 16.9 Å². The van der Waals surface area contributed by atoms with Crippen LogP contribution in [0.15, 0.2) is 36.7 Å². The van der Waals surface area contributed by atoms with E-state index in [1.165, 1.54) is 28.4 Å². The molecule has 25 heavy (non-hydrogen) atoms. The molecule has 130 valence electrons. The smallest absolute Gasteiger partial charge is 0.338 e. The second kappa shape index (κ2) is 6.37. The summed E-state index contributed by atoms with van der Waals surface area (Å²) in [5.74, 6) is -0.924. The minimum absolute atomic E-state index is 0.230. The van der Waals surface area contributed by atoms with Gasteiger partial charge in [-0.3, -0.25) is 9.58 Å². The van der Waals surface area contributed by atoms with Crippen LogP contribution in [0.25, 0.3) is 10.9 Å². The quantitative estimate of drug-likeness (QED) is 0.766. The first kappa shape index (κ1) is 15.9. The Hall–Kier alpha value is -2.60. The van der Waals surface area contributed by atoms with Gasteiger partial charge in [-0.05, 0) is 44.0 Å². The van der Waals surface area contributed by atoms with Gasteiger partial charge in [-0.2, -0.15) is 5.10 Å². The second-order valence-corrected chi connectivity index (χ2v) is 6.88. The molecule has 0 amide bonds. The van der Waals surface area contributed by atoms with Crippen molar-refractivity contribution < 1.29 is 9.90 Å². The molecule has 4 rings (SSSR count). The lowest BCUT2D eigenvalue weighted by Gasteiger charge is -2.32. The van der Waals surface area contributed by atoms with E-state index in [0.29, 0.717) is 0 Å². The van der Waals surface area contributed by atoms with Crippen molar-refractivity contribution in [1.29, 1.82) is 0 Å². The third-order valence-electron chi connectivity index (χ3n) is 5.04. The molecule has 0 radical (unpaired) electrons. The summed E-state index contributed by atoms with van der Waals surface area (Å²) in [5.41, 5.74) is 3.94. The average Bonchev–Trinajstić information content (AvgIpc) is 3.22. The van der Waals surface area contributed by atoms with Crippen LogP contribution in [0.2, 0.25) is 0 Å². The first-order valence-electron chi connectivity index (χ1n) is 8.67. The zero-order valence-electron chi connectivity index (χ0n) is 14.3. The van der Waals surface area contributed by atoms with E-state index >= 15 is 0 Å². The number of likely N-dealkylation sites (tertiary alicyclic amines) is 1. The van der Waals surface area contributed by atoms with Crippen LogP contribution < -0.4 is 0 Å². The van der Waals surface area contributed by atoms with Gasteiger partial charge in [0.1, 0.15) is 0 Å². The number of carboxylic acids is 1. The summed E-state index contributed by atoms with van der Waals surface area (Å²) >= 11 is 0. The van der Waals surface area contributed by atoms with Gasteiger partial charge < -0.3 is 10.1 Å². The fourth-order valence-electron chi connectivity index (χ4n) is 3.73. The van der Waals surface area contributed by atoms with E-state index in [1.807, 2.05) is 4.68 Å².